The highest BCUT2D eigenvalue weighted by Crippen LogP contribution is 2.27. The van der Waals surface area contributed by atoms with Crippen molar-refractivity contribution in [1.29, 1.82) is 0 Å². The first-order valence-electron chi connectivity index (χ1n) is 10.1. The smallest absolute Gasteiger partial charge is 0.191 e. The third-order valence-electron chi connectivity index (χ3n) is 5.02. The Morgan fingerprint density at radius 2 is 1.86 bits per heavy atom. The molecule has 0 radical (unpaired) electrons. The van der Waals surface area contributed by atoms with E-state index >= 15 is 0 Å². The monoisotopic (exact) mass is 418 g/mol. The molecule has 1 aromatic heterocycles. The molecule has 2 aromatic rings. The van der Waals surface area contributed by atoms with Crippen LogP contribution in [0.1, 0.15) is 31.0 Å². The van der Waals surface area contributed by atoms with Gasteiger partial charge >= 0.3 is 0 Å². The van der Waals surface area contributed by atoms with E-state index in [9.17, 15) is 0 Å². The third kappa shape index (κ3) is 6.65. The topological polar surface area (TPSA) is 58.1 Å². The molecular formula is C22H34N4O2S. The summed E-state index contributed by atoms with van der Waals surface area (Å²) in [5.74, 6) is 2.32. The molecule has 0 fully saturated rings. The number of benzene rings is 1. The SMILES string of the molecule is CCN(CC)C(CNC(=NC)NCCc1ccc(OC)c(OC)c1)c1ccsc1. The lowest BCUT2D eigenvalue weighted by Gasteiger charge is -2.30. The Morgan fingerprint density at radius 1 is 1.10 bits per heavy atom. The molecule has 0 amide bonds. The summed E-state index contributed by atoms with van der Waals surface area (Å²) in [5.41, 5.74) is 2.54. The van der Waals surface area contributed by atoms with Crippen LogP contribution in [0.2, 0.25) is 0 Å². The van der Waals surface area contributed by atoms with Crippen molar-refractivity contribution in [3.63, 3.8) is 0 Å². The highest BCUT2D eigenvalue weighted by molar-refractivity contribution is 7.07. The van der Waals surface area contributed by atoms with E-state index < -0.39 is 0 Å². The second-order valence-corrected chi connectivity index (χ2v) is 7.39. The van der Waals surface area contributed by atoms with Gasteiger partial charge < -0.3 is 20.1 Å². The summed E-state index contributed by atoms with van der Waals surface area (Å²) < 4.78 is 10.7. The summed E-state index contributed by atoms with van der Waals surface area (Å²) in [7, 11) is 5.12. The summed E-state index contributed by atoms with van der Waals surface area (Å²) in [6.45, 7) is 8.05. The second kappa shape index (κ2) is 12.3. The molecule has 1 unspecified atom stereocenters. The molecule has 29 heavy (non-hydrogen) atoms. The van der Waals surface area contributed by atoms with Crippen molar-refractivity contribution in [3.05, 3.63) is 46.2 Å². The maximum atomic E-state index is 5.38. The number of nitrogens with one attached hydrogen (secondary N) is 2. The molecule has 6 nitrogen and oxygen atoms in total. The van der Waals surface area contributed by atoms with Crippen molar-refractivity contribution in [2.24, 2.45) is 4.99 Å². The molecule has 0 aliphatic heterocycles. The van der Waals surface area contributed by atoms with Crippen LogP contribution >= 0.6 is 11.3 Å². The first-order chi connectivity index (χ1) is 14.2. The molecule has 1 aromatic carbocycles. The van der Waals surface area contributed by atoms with Gasteiger partial charge in [-0.25, -0.2) is 0 Å². The van der Waals surface area contributed by atoms with Crippen molar-refractivity contribution in [2.45, 2.75) is 26.3 Å². The molecule has 0 aliphatic rings. The zero-order valence-corrected chi connectivity index (χ0v) is 19.0. The molecule has 2 rings (SSSR count). The van der Waals surface area contributed by atoms with Crippen LogP contribution in [-0.4, -0.2) is 58.3 Å². The molecule has 0 saturated carbocycles. The fraction of sp³-hybridized carbons (Fsp3) is 0.500. The van der Waals surface area contributed by atoms with E-state index in [-0.39, 0.29) is 0 Å². The molecule has 1 heterocycles. The highest BCUT2D eigenvalue weighted by atomic mass is 32.1. The Morgan fingerprint density at radius 3 is 2.45 bits per heavy atom. The molecule has 7 heteroatoms. The zero-order valence-electron chi connectivity index (χ0n) is 18.2. The number of aliphatic imine (C=N–C) groups is 1. The molecule has 0 saturated heterocycles. The van der Waals surface area contributed by atoms with Crippen molar-refractivity contribution in [1.82, 2.24) is 15.5 Å². The molecular weight excluding hydrogens is 384 g/mol. The number of methoxy groups -OCH3 is 2. The number of hydrogen-bond donors (Lipinski definition) is 2. The quantitative estimate of drug-likeness (QED) is 0.432. The number of hydrogen-bond acceptors (Lipinski definition) is 5. The van der Waals surface area contributed by atoms with E-state index in [1.807, 2.05) is 19.2 Å². The standard InChI is InChI=1S/C22H34N4O2S/c1-6-26(7-2)19(18-11-13-29-16-18)15-25-22(23-3)24-12-10-17-8-9-20(27-4)21(14-17)28-5/h8-9,11,13-14,16,19H,6-7,10,12,15H2,1-5H3,(H2,23,24,25). The summed E-state index contributed by atoms with van der Waals surface area (Å²) >= 11 is 1.74. The largest absolute Gasteiger partial charge is 0.493 e. The van der Waals surface area contributed by atoms with Crippen LogP contribution in [0.15, 0.2) is 40.0 Å². The Labute approximate surface area is 178 Å². The van der Waals surface area contributed by atoms with Crippen LogP contribution in [0.25, 0.3) is 0 Å². The van der Waals surface area contributed by atoms with E-state index in [1.165, 1.54) is 11.1 Å². The van der Waals surface area contributed by atoms with Gasteiger partial charge in [-0.05, 0) is 59.6 Å². The Kier molecular flexibility index (Phi) is 9.80. The van der Waals surface area contributed by atoms with Gasteiger partial charge in [0, 0.05) is 20.1 Å². The lowest BCUT2D eigenvalue weighted by atomic mass is 10.1. The first-order valence-corrected chi connectivity index (χ1v) is 11.0. The van der Waals surface area contributed by atoms with Crippen LogP contribution in [0.3, 0.4) is 0 Å². The van der Waals surface area contributed by atoms with Gasteiger partial charge in [0.05, 0.1) is 20.3 Å². The van der Waals surface area contributed by atoms with Gasteiger partial charge in [-0.15, -0.1) is 0 Å². The van der Waals surface area contributed by atoms with E-state index in [4.69, 9.17) is 9.47 Å². The number of ether oxygens (including phenoxy) is 2. The summed E-state index contributed by atoms with van der Waals surface area (Å²) in [4.78, 5) is 6.84. The lowest BCUT2D eigenvalue weighted by molar-refractivity contribution is 0.219. The minimum Gasteiger partial charge on any atom is -0.493 e. The average molecular weight is 419 g/mol. The maximum absolute atomic E-state index is 5.38. The lowest BCUT2D eigenvalue weighted by Crippen LogP contribution is -2.43. The predicted octanol–water partition coefficient (Wildman–Crippen LogP) is 3.56. The average Bonchev–Trinajstić information content (AvgIpc) is 3.29. The molecule has 0 bridgehead atoms. The molecule has 0 aliphatic carbocycles. The van der Waals surface area contributed by atoms with E-state index in [0.717, 1.165) is 50.1 Å². The fourth-order valence-corrected chi connectivity index (χ4v) is 4.07. The maximum Gasteiger partial charge on any atom is 0.191 e. The first kappa shape index (κ1) is 23.0. The van der Waals surface area contributed by atoms with Gasteiger partial charge in [0.15, 0.2) is 17.5 Å². The number of rotatable bonds is 11. The molecule has 1 atom stereocenters. The van der Waals surface area contributed by atoms with E-state index in [0.29, 0.717) is 6.04 Å². The van der Waals surface area contributed by atoms with Gasteiger partial charge in [-0.1, -0.05) is 19.9 Å². The minimum atomic E-state index is 0.334. The van der Waals surface area contributed by atoms with Gasteiger partial charge in [0.25, 0.3) is 0 Å². The molecule has 160 valence electrons. The van der Waals surface area contributed by atoms with E-state index in [2.05, 4.69) is 57.3 Å². The van der Waals surface area contributed by atoms with Crippen LogP contribution in [0.5, 0.6) is 11.5 Å². The minimum absolute atomic E-state index is 0.334. The van der Waals surface area contributed by atoms with Gasteiger partial charge in [0.1, 0.15) is 0 Å². The Hall–Kier alpha value is -2.25. The van der Waals surface area contributed by atoms with Gasteiger partial charge in [-0.3, -0.25) is 9.89 Å². The third-order valence-corrected chi connectivity index (χ3v) is 5.72. The number of nitrogens with zero attached hydrogens (tertiary/aromatic N) is 2. The van der Waals surface area contributed by atoms with Crippen molar-refractivity contribution in [2.75, 3.05) is 47.4 Å². The molecule has 0 spiro atoms. The number of thiophene rings is 1. The zero-order chi connectivity index (χ0) is 21.1. The van der Waals surface area contributed by atoms with Gasteiger partial charge in [0.2, 0.25) is 0 Å². The van der Waals surface area contributed by atoms with Crippen LogP contribution in [-0.2, 0) is 6.42 Å². The van der Waals surface area contributed by atoms with Crippen molar-refractivity contribution >= 4 is 17.3 Å². The number of guanidine groups is 1. The summed E-state index contributed by atoms with van der Waals surface area (Å²) in [5, 5.41) is 11.3. The summed E-state index contributed by atoms with van der Waals surface area (Å²) in [6.07, 6.45) is 0.866. The molecule has 2 N–H and O–H groups in total. The fourth-order valence-electron chi connectivity index (χ4n) is 3.36. The van der Waals surface area contributed by atoms with Crippen LogP contribution in [0.4, 0.5) is 0 Å². The predicted molar refractivity (Wildman–Crippen MR) is 123 cm³/mol. The van der Waals surface area contributed by atoms with E-state index in [1.54, 1.807) is 25.6 Å². The normalized spacial score (nSPS) is 12.7. The van der Waals surface area contributed by atoms with Crippen molar-refractivity contribution in [3.8, 4) is 11.5 Å². The number of likely N-dealkylation sites (N-methyl/N-ethyl adjacent to an activating group) is 1. The summed E-state index contributed by atoms with van der Waals surface area (Å²) in [6, 6.07) is 8.57. The Balaban J connectivity index is 1.90. The Bertz CT molecular complexity index is 745. The second-order valence-electron chi connectivity index (χ2n) is 6.61. The van der Waals surface area contributed by atoms with Crippen LogP contribution in [0, 0.1) is 0 Å². The van der Waals surface area contributed by atoms with Crippen LogP contribution < -0.4 is 20.1 Å². The van der Waals surface area contributed by atoms with Gasteiger partial charge in [-0.2, -0.15) is 11.3 Å². The van der Waals surface area contributed by atoms with Crippen molar-refractivity contribution < 1.29 is 9.47 Å². The highest BCUT2D eigenvalue weighted by Gasteiger charge is 2.18.